The number of H-pyrrole nitrogens is 1. The molecule has 0 spiro atoms. The van der Waals surface area contributed by atoms with E-state index in [1.165, 1.54) is 29.2 Å². The van der Waals surface area contributed by atoms with Gasteiger partial charge in [0.05, 0.1) is 11.0 Å². The third kappa shape index (κ3) is 2.65. The first-order chi connectivity index (χ1) is 8.08. The van der Waals surface area contributed by atoms with Crippen molar-refractivity contribution in [3.63, 3.8) is 0 Å². The van der Waals surface area contributed by atoms with Crippen LogP contribution in [0.5, 0.6) is 0 Å². The Bertz CT molecular complexity index is 522. The minimum Gasteiger partial charge on any atom is -0.388 e. The van der Waals surface area contributed by atoms with Crippen molar-refractivity contribution in [3.8, 4) is 0 Å². The summed E-state index contributed by atoms with van der Waals surface area (Å²) in [6.45, 7) is 1.58. The van der Waals surface area contributed by atoms with Crippen molar-refractivity contribution < 1.29 is 10.0 Å². The molecule has 2 heterocycles. The zero-order valence-electron chi connectivity index (χ0n) is 8.78. The Morgan fingerprint density at radius 3 is 3.00 bits per heavy atom. The summed E-state index contributed by atoms with van der Waals surface area (Å²) in [6, 6.07) is 1.40. The molecule has 2 N–H and O–H groups in total. The summed E-state index contributed by atoms with van der Waals surface area (Å²) in [4.78, 5) is 17.9. The third-order valence-electron chi connectivity index (χ3n) is 1.97. The van der Waals surface area contributed by atoms with Crippen molar-refractivity contribution in [3.05, 3.63) is 33.5 Å². The van der Waals surface area contributed by atoms with Gasteiger partial charge in [0.2, 0.25) is 0 Å². The number of aliphatic hydroxyl groups excluding tert-OH is 1. The van der Waals surface area contributed by atoms with Gasteiger partial charge in [-0.1, -0.05) is 0 Å². The monoisotopic (exact) mass is 271 g/mol. The molecule has 0 amide bonds. The largest absolute Gasteiger partial charge is 0.388 e. The number of aliphatic hydroxyl groups is 1. The predicted molar refractivity (Wildman–Crippen MR) is 64.3 cm³/mol. The number of aromatic amines is 1. The lowest BCUT2D eigenvalue weighted by Gasteiger charge is -1.95. The highest BCUT2D eigenvalue weighted by Crippen LogP contribution is 2.41. The molecule has 0 fully saturated rings. The van der Waals surface area contributed by atoms with Crippen LogP contribution < -0.4 is 0 Å². The molecule has 90 valence electrons. The van der Waals surface area contributed by atoms with Crippen LogP contribution in [-0.2, 0) is 0 Å². The van der Waals surface area contributed by atoms with Gasteiger partial charge in [0.1, 0.15) is 4.21 Å². The van der Waals surface area contributed by atoms with E-state index in [-0.39, 0.29) is 5.69 Å². The fraction of sp³-hybridized carbons (Fsp3) is 0.222. The second-order valence-corrected chi connectivity index (χ2v) is 5.59. The van der Waals surface area contributed by atoms with E-state index in [0.717, 1.165) is 0 Å². The van der Waals surface area contributed by atoms with Crippen LogP contribution in [0.2, 0.25) is 0 Å². The van der Waals surface area contributed by atoms with Crippen LogP contribution in [0.15, 0.2) is 27.8 Å². The minimum atomic E-state index is -0.704. The average Bonchev–Trinajstić information content (AvgIpc) is 2.87. The van der Waals surface area contributed by atoms with Gasteiger partial charge in [0, 0.05) is 23.3 Å². The Morgan fingerprint density at radius 1 is 1.71 bits per heavy atom. The Labute approximate surface area is 105 Å². The van der Waals surface area contributed by atoms with Crippen LogP contribution in [0.25, 0.3) is 0 Å². The highest BCUT2D eigenvalue weighted by atomic mass is 32.2. The predicted octanol–water partition coefficient (Wildman–Crippen LogP) is 2.58. The lowest BCUT2D eigenvalue weighted by Crippen LogP contribution is -1.87. The molecule has 0 aliphatic rings. The van der Waals surface area contributed by atoms with E-state index in [4.69, 9.17) is 0 Å². The molecule has 0 unspecified atom stereocenters. The SMILES string of the molecule is C[C@@H](O)c1cc([N+](=O)[O-])c(Sc2ncc[nH]2)s1. The highest BCUT2D eigenvalue weighted by Gasteiger charge is 2.22. The molecule has 8 heteroatoms. The van der Waals surface area contributed by atoms with E-state index in [1.54, 1.807) is 19.3 Å². The molecule has 6 nitrogen and oxygen atoms in total. The van der Waals surface area contributed by atoms with Crippen LogP contribution in [-0.4, -0.2) is 20.0 Å². The number of imidazole rings is 1. The van der Waals surface area contributed by atoms with E-state index in [0.29, 0.717) is 14.2 Å². The fourth-order valence-corrected chi connectivity index (χ4v) is 3.32. The summed E-state index contributed by atoms with van der Waals surface area (Å²) in [5, 5.41) is 20.9. The second kappa shape index (κ2) is 4.86. The first-order valence-electron chi connectivity index (χ1n) is 4.71. The lowest BCUT2D eigenvalue weighted by molar-refractivity contribution is -0.387. The zero-order valence-corrected chi connectivity index (χ0v) is 10.4. The summed E-state index contributed by atoms with van der Waals surface area (Å²) >= 11 is 2.39. The maximum atomic E-state index is 10.9. The Morgan fingerprint density at radius 2 is 2.47 bits per heavy atom. The van der Waals surface area contributed by atoms with Gasteiger partial charge in [-0.25, -0.2) is 4.98 Å². The van der Waals surface area contributed by atoms with Crippen LogP contribution in [0.4, 0.5) is 5.69 Å². The van der Waals surface area contributed by atoms with Gasteiger partial charge in [-0.2, -0.15) is 0 Å². The summed E-state index contributed by atoms with van der Waals surface area (Å²) < 4.78 is 0.515. The van der Waals surface area contributed by atoms with Gasteiger partial charge >= 0.3 is 0 Å². The molecular weight excluding hydrogens is 262 g/mol. The van der Waals surface area contributed by atoms with E-state index in [9.17, 15) is 15.2 Å². The molecule has 17 heavy (non-hydrogen) atoms. The molecular formula is C9H9N3O3S2. The molecule has 0 aromatic carbocycles. The van der Waals surface area contributed by atoms with Crippen molar-refractivity contribution in [2.75, 3.05) is 0 Å². The lowest BCUT2D eigenvalue weighted by atomic mass is 10.3. The number of nitro groups is 1. The van der Waals surface area contributed by atoms with E-state index in [1.807, 2.05) is 0 Å². The maximum absolute atomic E-state index is 10.9. The minimum absolute atomic E-state index is 0.00676. The summed E-state index contributed by atoms with van der Waals surface area (Å²) in [6.07, 6.45) is 2.53. The highest BCUT2D eigenvalue weighted by molar-refractivity contribution is 8.01. The number of thiophene rings is 1. The molecule has 0 saturated carbocycles. The van der Waals surface area contributed by atoms with Gasteiger partial charge in [0.25, 0.3) is 5.69 Å². The normalized spacial score (nSPS) is 12.6. The molecule has 1 atom stereocenters. The van der Waals surface area contributed by atoms with E-state index >= 15 is 0 Å². The van der Waals surface area contributed by atoms with Crippen molar-refractivity contribution in [1.29, 1.82) is 0 Å². The molecule has 0 aliphatic heterocycles. The molecule has 0 bridgehead atoms. The quantitative estimate of drug-likeness (QED) is 0.658. The number of nitrogens with zero attached hydrogens (tertiary/aromatic N) is 2. The smallest absolute Gasteiger partial charge is 0.294 e. The number of aromatic nitrogens is 2. The van der Waals surface area contributed by atoms with Crippen molar-refractivity contribution >= 4 is 28.8 Å². The van der Waals surface area contributed by atoms with E-state index in [2.05, 4.69) is 9.97 Å². The molecule has 0 aliphatic carbocycles. The standard InChI is InChI=1S/C9H9N3O3S2/c1-5(13)7-4-6(12(14)15)8(16-7)17-9-10-2-3-11-9/h2-5,13H,1H3,(H,10,11)/t5-/m1/s1. The van der Waals surface area contributed by atoms with Crippen LogP contribution >= 0.6 is 23.1 Å². The molecule has 0 saturated heterocycles. The Hall–Kier alpha value is -1.38. The van der Waals surface area contributed by atoms with Crippen molar-refractivity contribution in [2.45, 2.75) is 22.4 Å². The topological polar surface area (TPSA) is 92.1 Å². The second-order valence-electron chi connectivity index (χ2n) is 3.25. The van der Waals surface area contributed by atoms with Gasteiger partial charge in [-0.05, 0) is 18.7 Å². The average molecular weight is 271 g/mol. The Balaban J connectivity index is 2.34. The number of nitrogens with one attached hydrogen (secondary N) is 1. The summed E-state index contributed by atoms with van der Waals surface area (Å²) in [7, 11) is 0. The molecule has 0 radical (unpaired) electrons. The molecule has 2 rings (SSSR count). The van der Waals surface area contributed by atoms with E-state index < -0.39 is 11.0 Å². The van der Waals surface area contributed by atoms with Crippen LogP contribution in [0.1, 0.15) is 17.9 Å². The fourth-order valence-electron chi connectivity index (χ4n) is 1.18. The number of hydrogen-bond donors (Lipinski definition) is 2. The first-order valence-corrected chi connectivity index (χ1v) is 6.34. The van der Waals surface area contributed by atoms with Crippen LogP contribution in [0.3, 0.4) is 0 Å². The zero-order chi connectivity index (χ0) is 12.4. The van der Waals surface area contributed by atoms with Crippen LogP contribution in [0, 0.1) is 10.1 Å². The first kappa shape index (κ1) is 12.1. The third-order valence-corrected chi connectivity index (χ3v) is 4.37. The summed E-state index contributed by atoms with van der Waals surface area (Å²) in [5.41, 5.74) is 0.00676. The van der Waals surface area contributed by atoms with Crippen molar-refractivity contribution in [2.24, 2.45) is 0 Å². The van der Waals surface area contributed by atoms with Gasteiger partial charge in [-0.3, -0.25) is 10.1 Å². The van der Waals surface area contributed by atoms with Gasteiger partial charge in [0.15, 0.2) is 5.16 Å². The number of hydrogen-bond acceptors (Lipinski definition) is 6. The summed E-state index contributed by atoms with van der Waals surface area (Å²) in [5.74, 6) is 0. The maximum Gasteiger partial charge on any atom is 0.294 e. The molecule has 2 aromatic rings. The van der Waals surface area contributed by atoms with Crippen molar-refractivity contribution in [1.82, 2.24) is 9.97 Å². The Kier molecular flexibility index (Phi) is 3.46. The molecule has 2 aromatic heterocycles. The van der Waals surface area contributed by atoms with Gasteiger partial charge in [-0.15, -0.1) is 11.3 Å². The van der Waals surface area contributed by atoms with Gasteiger partial charge < -0.3 is 10.1 Å². The number of rotatable bonds is 4.